The summed E-state index contributed by atoms with van der Waals surface area (Å²) in [6, 6.07) is 12.6. The number of amides is 1. The van der Waals surface area contributed by atoms with Crippen molar-refractivity contribution >= 4 is 16.7 Å². The van der Waals surface area contributed by atoms with Gasteiger partial charge < -0.3 is 10.1 Å². The molecular weight excluding hydrogens is 288 g/mol. The molecule has 2 fully saturated rings. The molecule has 0 spiro atoms. The number of hydrogen-bond acceptors (Lipinski definition) is 3. The third-order valence-corrected chi connectivity index (χ3v) is 5.26. The fourth-order valence-electron chi connectivity index (χ4n) is 4.08. The van der Waals surface area contributed by atoms with E-state index in [-0.39, 0.29) is 5.91 Å². The first-order valence-electron chi connectivity index (χ1n) is 8.28. The second kappa shape index (κ2) is 5.85. The highest BCUT2D eigenvalue weighted by atomic mass is 16.5. The number of methoxy groups -OCH3 is 1. The highest BCUT2D eigenvalue weighted by Gasteiger charge is 2.37. The Morgan fingerprint density at radius 3 is 2.87 bits per heavy atom. The summed E-state index contributed by atoms with van der Waals surface area (Å²) in [5, 5.41) is 5.51. The summed E-state index contributed by atoms with van der Waals surface area (Å²) < 4.78 is 5.61. The molecule has 0 aromatic heterocycles. The lowest BCUT2D eigenvalue weighted by atomic mass is 9.89. The number of carbonyl (C=O) groups excluding carboxylic acids is 1. The van der Waals surface area contributed by atoms with Crippen LogP contribution in [0.2, 0.25) is 0 Å². The standard InChI is InChI=1S/C19H22N2O2/c1-23-18-7-6-13-4-2-3-5-16(13)17(18)12-21-10-14-8-19(22)20-9-15(14)11-21/h2-7,14-15H,8-12H2,1H3,(H,20,22)/t14-,15+/m1/s1. The zero-order valence-corrected chi connectivity index (χ0v) is 13.4. The molecule has 2 atom stereocenters. The number of likely N-dealkylation sites (tertiary alicyclic amines) is 1. The molecular formula is C19H22N2O2. The second-order valence-electron chi connectivity index (χ2n) is 6.69. The average Bonchev–Trinajstić information content (AvgIpc) is 2.96. The third-order valence-electron chi connectivity index (χ3n) is 5.26. The Morgan fingerprint density at radius 2 is 2.00 bits per heavy atom. The Kier molecular flexibility index (Phi) is 3.69. The summed E-state index contributed by atoms with van der Waals surface area (Å²) in [6.45, 7) is 3.76. The first-order valence-corrected chi connectivity index (χ1v) is 8.28. The van der Waals surface area contributed by atoms with Crippen molar-refractivity contribution < 1.29 is 9.53 Å². The van der Waals surface area contributed by atoms with E-state index in [9.17, 15) is 4.79 Å². The molecule has 4 rings (SSSR count). The maximum absolute atomic E-state index is 11.6. The van der Waals surface area contributed by atoms with Gasteiger partial charge in [0.2, 0.25) is 5.91 Å². The molecule has 4 heteroatoms. The van der Waals surface area contributed by atoms with Crippen LogP contribution in [0.5, 0.6) is 5.75 Å². The van der Waals surface area contributed by atoms with Crippen LogP contribution in [0, 0.1) is 11.8 Å². The number of fused-ring (bicyclic) bond motifs is 2. The lowest BCUT2D eigenvalue weighted by Gasteiger charge is -2.23. The molecule has 1 N–H and O–H groups in total. The summed E-state index contributed by atoms with van der Waals surface area (Å²) in [6.07, 6.45) is 0.674. The van der Waals surface area contributed by atoms with Gasteiger partial charge in [0, 0.05) is 38.2 Å². The molecule has 23 heavy (non-hydrogen) atoms. The van der Waals surface area contributed by atoms with E-state index in [0.717, 1.165) is 31.9 Å². The van der Waals surface area contributed by atoms with Gasteiger partial charge in [0.1, 0.15) is 5.75 Å². The Bertz CT molecular complexity index is 743. The van der Waals surface area contributed by atoms with Crippen molar-refractivity contribution in [1.82, 2.24) is 10.2 Å². The van der Waals surface area contributed by atoms with Crippen molar-refractivity contribution in [2.45, 2.75) is 13.0 Å². The van der Waals surface area contributed by atoms with Gasteiger partial charge in [-0.1, -0.05) is 30.3 Å². The number of piperidine rings is 1. The van der Waals surface area contributed by atoms with Gasteiger partial charge in [0.05, 0.1) is 7.11 Å². The minimum atomic E-state index is 0.204. The van der Waals surface area contributed by atoms with E-state index in [2.05, 4.69) is 46.6 Å². The van der Waals surface area contributed by atoms with Crippen LogP contribution in [0.15, 0.2) is 36.4 Å². The number of rotatable bonds is 3. The second-order valence-corrected chi connectivity index (χ2v) is 6.69. The molecule has 0 unspecified atom stereocenters. The lowest BCUT2D eigenvalue weighted by Crippen LogP contribution is -2.39. The largest absolute Gasteiger partial charge is 0.496 e. The minimum absolute atomic E-state index is 0.204. The summed E-state index contributed by atoms with van der Waals surface area (Å²) in [4.78, 5) is 14.1. The van der Waals surface area contributed by atoms with Crippen LogP contribution >= 0.6 is 0 Å². The Balaban J connectivity index is 1.61. The fraction of sp³-hybridized carbons (Fsp3) is 0.421. The van der Waals surface area contributed by atoms with Crippen LogP contribution in [-0.2, 0) is 11.3 Å². The van der Waals surface area contributed by atoms with Crippen LogP contribution < -0.4 is 10.1 Å². The van der Waals surface area contributed by atoms with Crippen molar-refractivity contribution in [2.24, 2.45) is 11.8 Å². The SMILES string of the molecule is COc1ccc2ccccc2c1CN1C[C@H]2CC(=O)NC[C@H]2C1. The van der Waals surface area contributed by atoms with E-state index in [1.54, 1.807) is 7.11 Å². The van der Waals surface area contributed by atoms with E-state index in [0.29, 0.717) is 18.3 Å². The molecule has 2 saturated heterocycles. The number of nitrogens with zero attached hydrogens (tertiary/aromatic N) is 1. The molecule has 0 radical (unpaired) electrons. The van der Waals surface area contributed by atoms with Gasteiger partial charge in [-0.3, -0.25) is 9.69 Å². The number of hydrogen-bond donors (Lipinski definition) is 1. The number of carbonyl (C=O) groups is 1. The Hall–Kier alpha value is -2.07. The topological polar surface area (TPSA) is 41.6 Å². The van der Waals surface area contributed by atoms with Crippen molar-refractivity contribution in [1.29, 1.82) is 0 Å². The number of nitrogens with one attached hydrogen (secondary N) is 1. The van der Waals surface area contributed by atoms with E-state index >= 15 is 0 Å². The van der Waals surface area contributed by atoms with Gasteiger partial charge in [-0.05, 0) is 28.7 Å². The molecule has 1 amide bonds. The normalized spacial score (nSPS) is 24.5. The molecule has 4 nitrogen and oxygen atoms in total. The van der Waals surface area contributed by atoms with Crippen LogP contribution in [0.3, 0.4) is 0 Å². The van der Waals surface area contributed by atoms with Crippen molar-refractivity contribution in [2.75, 3.05) is 26.7 Å². The van der Waals surface area contributed by atoms with Gasteiger partial charge >= 0.3 is 0 Å². The number of ether oxygens (including phenoxy) is 1. The van der Waals surface area contributed by atoms with Crippen LogP contribution in [-0.4, -0.2) is 37.6 Å². The predicted molar refractivity (Wildman–Crippen MR) is 90.4 cm³/mol. The van der Waals surface area contributed by atoms with Gasteiger partial charge in [-0.2, -0.15) is 0 Å². The fourth-order valence-corrected chi connectivity index (χ4v) is 4.08. The van der Waals surface area contributed by atoms with E-state index < -0.39 is 0 Å². The van der Waals surface area contributed by atoms with E-state index in [4.69, 9.17) is 4.74 Å². The third kappa shape index (κ3) is 2.68. The van der Waals surface area contributed by atoms with Gasteiger partial charge in [-0.25, -0.2) is 0 Å². The predicted octanol–water partition coefficient (Wildman–Crippen LogP) is 2.42. The Labute approximate surface area is 136 Å². The molecule has 2 aromatic rings. The molecule has 120 valence electrons. The van der Waals surface area contributed by atoms with Crippen molar-refractivity contribution in [3.8, 4) is 5.75 Å². The van der Waals surface area contributed by atoms with Crippen LogP contribution in [0.25, 0.3) is 10.8 Å². The Morgan fingerprint density at radius 1 is 1.17 bits per heavy atom. The summed E-state index contributed by atoms with van der Waals surface area (Å²) >= 11 is 0. The van der Waals surface area contributed by atoms with Crippen molar-refractivity contribution in [3.05, 3.63) is 42.0 Å². The quantitative estimate of drug-likeness (QED) is 0.946. The minimum Gasteiger partial charge on any atom is -0.496 e. The first kappa shape index (κ1) is 14.5. The smallest absolute Gasteiger partial charge is 0.220 e. The van der Waals surface area contributed by atoms with Crippen LogP contribution in [0.1, 0.15) is 12.0 Å². The summed E-state index contributed by atoms with van der Waals surface area (Å²) in [5.41, 5.74) is 1.25. The van der Waals surface area contributed by atoms with Gasteiger partial charge in [0.15, 0.2) is 0 Å². The van der Waals surface area contributed by atoms with Crippen LogP contribution in [0.4, 0.5) is 0 Å². The van der Waals surface area contributed by atoms with E-state index in [1.807, 2.05) is 0 Å². The molecule has 2 heterocycles. The lowest BCUT2D eigenvalue weighted by molar-refractivity contribution is -0.124. The number of benzene rings is 2. The molecule has 0 bridgehead atoms. The zero-order valence-electron chi connectivity index (χ0n) is 13.4. The molecule has 2 aliphatic heterocycles. The first-order chi connectivity index (χ1) is 11.2. The molecule has 2 aromatic carbocycles. The van der Waals surface area contributed by atoms with Gasteiger partial charge in [0.25, 0.3) is 0 Å². The summed E-state index contributed by atoms with van der Waals surface area (Å²) in [5.74, 6) is 2.25. The highest BCUT2D eigenvalue weighted by molar-refractivity contribution is 5.87. The maximum atomic E-state index is 11.6. The van der Waals surface area contributed by atoms with Crippen molar-refractivity contribution in [3.63, 3.8) is 0 Å². The maximum Gasteiger partial charge on any atom is 0.220 e. The zero-order chi connectivity index (χ0) is 15.8. The van der Waals surface area contributed by atoms with E-state index in [1.165, 1.54) is 16.3 Å². The summed E-state index contributed by atoms with van der Waals surface area (Å²) in [7, 11) is 1.74. The molecule has 0 aliphatic carbocycles. The molecule has 2 aliphatic rings. The highest BCUT2D eigenvalue weighted by Crippen LogP contribution is 2.33. The average molecular weight is 310 g/mol. The monoisotopic (exact) mass is 310 g/mol. The van der Waals surface area contributed by atoms with Gasteiger partial charge in [-0.15, -0.1) is 0 Å². The molecule has 0 saturated carbocycles.